The Kier molecular flexibility index (Phi) is 4.86. The number of amides is 1. The highest BCUT2D eigenvalue weighted by Crippen LogP contribution is 2.32. The Morgan fingerprint density at radius 3 is 2.68 bits per heavy atom. The van der Waals surface area contributed by atoms with E-state index in [9.17, 15) is 9.18 Å². The highest BCUT2D eigenvalue weighted by atomic mass is 32.1. The van der Waals surface area contributed by atoms with Gasteiger partial charge in [0.05, 0.1) is 4.88 Å². The summed E-state index contributed by atoms with van der Waals surface area (Å²) in [5.74, 6) is -0.134. The smallest absolute Gasteiger partial charge is 0.264 e. The van der Waals surface area contributed by atoms with Gasteiger partial charge in [0.25, 0.3) is 5.91 Å². The summed E-state index contributed by atoms with van der Waals surface area (Å²) < 4.78 is 14.0. The van der Waals surface area contributed by atoms with E-state index in [-0.39, 0.29) is 11.7 Å². The van der Waals surface area contributed by atoms with Crippen molar-refractivity contribution >= 4 is 17.2 Å². The molecule has 0 spiro atoms. The van der Waals surface area contributed by atoms with Crippen LogP contribution in [0.1, 0.15) is 35.4 Å². The van der Waals surface area contributed by atoms with E-state index in [0.717, 1.165) is 43.9 Å². The van der Waals surface area contributed by atoms with Crippen molar-refractivity contribution in [2.75, 3.05) is 26.2 Å². The quantitative estimate of drug-likeness (QED) is 0.815. The van der Waals surface area contributed by atoms with Crippen molar-refractivity contribution in [2.45, 2.75) is 31.7 Å². The van der Waals surface area contributed by atoms with E-state index < -0.39 is 0 Å². The van der Waals surface area contributed by atoms with Crippen molar-refractivity contribution in [3.63, 3.8) is 0 Å². The van der Waals surface area contributed by atoms with Gasteiger partial charge in [0.15, 0.2) is 0 Å². The molecule has 132 valence electrons. The zero-order valence-electron chi connectivity index (χ0n) is 14.3. The summed E-state index contributed by atoms with van der Waals surface area (Å²) in [5.41, 5.74) is 0.571. The molecule has 4 rings (SSSR count). The third-order valence-electron chi connectivity index (χ3n) is 5.26. The molecule has 1 amide bonds. The molecule has 1 atom stereocenters. The van der Waals surface area contributed by atoms with Gasteiger partial charge in [-0.1, -0.05) is 18.2 Å². The second kappa shape index (κ2) is 7.26. The van der Waals surface area contributed by atoms with Crippen molar-refractivity contribution in [3.05, 3.63) is 47.1 Å². The SMILES string of the molecule is O=C(c1ccc(-c2ccccc2F)s1)N1CCCC1CN1CCCC1. The Labute approximate surface area is 152 Å². The molecule has 0 saturated carbocycles. The molecule has 2 aliphatic rings. The molecule has 5 heteroatoms. The van der Waals surface area contributed by atoms with Crippen LogP contribution in [-0.2, 0) is 0 Å². The lowest BCUT2D eigenvalue weighted by Gasteiger charge is -2.28. The Balaban J connectivity index is 1.49. The third kappa shape index (κ3) is 3.48. The maximum absolute atomic E-state index is 14.0. The molecule has 1 aromatic carbocycles. The first-order valence-corrected chi connectivity index (χ1v) is 9.92. The fraction of sp³-hybridized carbons (Fsp3) is 0.450. The van der Waals surface area contributed by atoms with Crippen LogP contribution in [0, 0.1) is 5.82 Å². The molecule has 25 heavy (non-hydrogen) atoms. The molecule has 2 saturated heterocycles. The molecule has 0 N–H and O–H groups in total. The largest absolute Gasteiger partial charge is 0.334 e. The Morgan fingerprint density at radius 1 is 1.08 bits per heavy atom. The topological polar surface area (TPSA) is 23.6 Å². The van der Waals surface area contributed by atoms with Crippen LogP contribution in [-0.4, -0.2) is 47.9 Å². The number of nitrogens with zero attached hydrogens (tertiary/aromatic N) is 2. The summed E-state index contributed by atoms with van der Waals surface area (Å²) in [7, 11) is 0. The van der Waals surface area contributed by atoms with E-state index in [4.69, 9.17) is 0 Å². The van der Waals surface area contributed by atoms with Crippen LogP contribution >= 0.6 is 11.3 Å². The second-order valence-electron chi connectivity index (χ2n) is 6.95. The summed E-state index contributed by atoms with van der Waals surface area (Å²) in [6.45, 7) is 4.16. The van der Waals surface area contributed by atoms with Crippen molar-refractivity contribution in [1.29, 1.82) is 0 Å². The van der Waals surface area contributed by atoms with E-state index in [0.29, 0.717) is 16.5 Å². The van der Waals surface area contributed by atoms with Crippen molar-refractivity contribution in [2.24, 2.45) is 0 Å². The van der Waals surface area contributed by atoms with Gasteiger partial charge >= 0.3 is 0 Å². The number of benzene rings is 1. The van der Waals surface area contributed by atoms with Crippen LogP contribution in [0.4, 0.5) is 4.39 Å². The molecule has 0 bridgehead atoms. The first-order valence-electron chi connectivity index (χ1n) is 9.10. The van der Waals surface area contributed by atoms with Gasteiger partial charge in [-0.05, 0) is 57.0 Å². The van der Waals surface area contributed by atoms with E-state index in [1.807, 2.05) is 23.1 Å². The summed E-state index contributed by atoms with van der Waals surface area (Å²) in [4.78, 5) is 19.0. The van der Waals surface area contributed by atoms with Crippen LogP contribution < -0.4 is 0 Å². The highest BCUT2D eigenvalue weighted by Gasteiger charge is 2.32. The predicted octanol–water partition coefficient (Wildman–Crippen LogP) is 4.25. The number of hydrogen-bond acceptors (Lipinski definition) is 3. The number of thiophene rings is 1. The van der Waals surface area contributed by atoms with Gasteiger partial charge in [0.2, 0.25) is 0 Å². The summed E-state index contributed by atoms with van der Waals surface area (Å²) in [5, 5.41) is 0. The number of carbonyl (C=O) groups is 1. The summed E-state index contributed by atoms with van der Waals surface area (Å²) >= 11 is 1.40. The van der Waals surface area contributed by atoms with Gasteiger partial charge in [0, 0.05) is 29.6 Å². The number of hydrogen-bond donors (Lipinski definition) is 0. The molecule has 3 heterocycles. The fourth-order valence-corrected chi connectivity index (χ4v) is 4.95. The monoisotopic (exact) mass is 358 g/mol. The fourth-order valence-electron chi connectivity index (χ4n) is 3.96. The van der Waals surface area contributed by atoms with Crippen molar-refractivity contribution in [1.82, 2.24) is 9.80 Å². The van der Waals surface area contributed by atoms with E-state index in [1.165, 1.54) is 30.2 Å². The lowest BCUT2D eigenvalue weighted by atomic mass is 10.2. The Morgan fingerprint density at radius 2 is 1.88 bits per heavy atom. The summed E-state index contributed by atoms with van der Waals surface area (Å²) in [6, 6.07) is 10.8. The van der Waals surface area contributed by atoms with Gasteiger partial charge in [-0.15, -0.1) is 11.3 Å². The lowest BCUT2D eigenvalue weighted by Crippen LogP contribution is -2.42. The first kappa shape index (κ1) is 16.7. The van der Waals surface area contributed by atoms with E-state index in [1.54, 1.807) is 12.1 Å². The zero-order chi connectivity index (χ0) is 17.2. The van der Waals surface area contributed by atoms with Gasteiger partial charge in [0.1, 0.15) is 5.82 Å². The number of carbonyl (C=O) groups excluding carboxylic acids is 1. The highest BCUT2D eigenvalue weighted by molar-refractivity contribution is 7.17. The van der Waals surface area contributed by atoms with Crippen molar-refractivity contribution in [3.8, 4) is 10.4 Å². The molecular formula is C20H23FN2OS. The normalized spacial score (nSPS) is 21.2. The molecular weight excluding hydrogens is 335 g/mol. The average molecular weight is 358 g/mol. The molecule has 3 nitrogen and oxygen atoms in total. The molecule has 1 unspecified atom stereocenters. The third-order valence-corrected chi connectivity index (χ3v) is 6.37. The number of rotatable bonds is 4. The predicted molar refractivity (Wildman–Crippen MR) is 99.4 cm³/mol. The Hall–Kier alpha value is -1.72. The van der Waals surface area contributed by atoms with E-state index in [2.05, 4.69) is 4.90 Å². The second-order valence-corrected chi connectivity index (χ2v) is 8.03. The van der Waals surface area contributed by atoms with Crippen molar-refractivity contribution < 1.29 is 9.18 Å². The summed E-state index contributed by atoms with van der Waals surface area (Å²) in [6.07, 6.45) is 4.72. The maximum Gasteiger partial charge on any atom is 0.264 e. The lowest BCUT2D eigenvalue weighted by molar-refractivity contribution is 0.0713. The van der Waals surface area contributed by atoms with E-state index >= 15 is 0 Å². The molecule has 0 aliphatic carbocycles. The van der Waals surface area contributed by atoms with Gasteiger partial charge < -0.3 is 9.80 Å². The van der Waals surface area contributed by atoms with Crippen LogP contribution in [0.3, 0.4) is 0 Å². The maximum atomic E-state index is 14.0. The molecule has 0 radical (unpaired) electrons. The molecule has 2 aromatic rings. The number of likely N-dealkylation sites (tertiary alicyclic amines) is 2. The van der Waals surface area contributed by atoms with Crippen LogP contribution in [0.2, 0.25) is 0 Å². The molecule has 2 aliphatic heterocycles. The molecule has 1 aromatic heterocycles. The van der Waals surface area contributed by atoms with Gasteiger partial charge in [-0.3, -0.25) is 4.79 Å². The minimum Gasteiger partial charge on any atom is -0.334 e. The van der Waals surface area contributed by atoms with Crippen LogP contribution in [0.15, 0.2) is 36.4 Å². The zero-order valence-corrected chi connectivity index (χ0v) is 15.1. The first-order chi connectivity index (χ1) is 12.2. The standard InChI is InChI=1S/C20H23FN2OS/c21-17-8-2-1-7-16(17)18-9-10-19(25-18)20(24)23-13-5-6-15(23)14-22-11-3-4-12-22/h1-2,7-10,15H,3-6,11-14H2. The number of halogens is 1. The minimum atomic E-state index is -0.239. The Bertz CT molecular complexity index is 754. The van der Waals surface area contributed by atoms with Gasteiger partial charge in [-0.25, -0.2) is 4.39 Å². The van der Waals surface area contributed by atoms with Crippen LogP contribution in [0.25, 0.3) is 10.4 Å². The minimum absolute atomic E-state index is 0.106. The average Bonchev–Trinajstić information content (AvgIpc) is 3.37. The molecule has 2 fully saturated rings. The van der Waals surface area contributed by atoms with Crippen LogP contribution in [0.5, 0.6) is 0 Å². The van der Waals surface area contributed by atoms with Gasteiger partial charge in [-0.2, -0.15) is 0 Å².